The molecule has 0 bridgehead atoms. The first-order chi connectivity index (χ1) is 16.8. The maximum Gasteiger partial charge on any atom is 0.407 e. The van der Waals surface area contributed by atoms with Gasteiger partial charge < -0.3 is 24.7 Å². The molecule has 0 saturated carbocycles. The van der Waals surface area contributed by atoms with Crippen LogP contribution in [0.2, 0.25) is 5.04 Å². The monoisotopic (exact) mass is 493 g/mol. The van der Waals surface area contributed by atoms with Crippen LogP contribution in [-0.4, -0.2) is 50.0 Å². The Labute approximate surface area is 208 Å². The highest BCUT2D eigenvalue weighted by Crippen LogP contribution is 2.36. The molecule has 0 fully saturated rings. The van der Waals surface area contributed by atoms with Crippen LogP contribution >= 0.6 is 0 Å². The number of ether oxygens (including phenoxy) is 1. The van der Waals surface area contributed by atoms with Crippen molar-refractivity contribution < 1.29 is 24.2 Å². The third kappa shape index (κ3) is 6.58. The number of alkyl carbamates (subject to hydrolysis) is 1. The van der Waals surface area contributed by atoms with E-state index in [1.165, 1.54) is 0 Å². The zero-order valence-corrected chi connectivity index (χ0v) is 21.6. The fourth-order valence-electron chi connectivity index (χ4n) is 4.27. The Morgan fingerprint density at radius 3 is 1.83 bits per heavy atom. The Balaban J connectivity index is 1.85. The second-order valence-corrected chi connectivity index (χ2v) is 13.8. The Hall–Kier alpha value is -2.97. The summed E-state index contributed by atoms with van der Waals surface area (Å²) < 4.78 is 12.1. The number of aliphatic hydroxyl groups excluding tert-OH is 2. The van der Waals surface area contributed by atoms with Gasteiger partial charge in [-0.2, -0.15) is 0 Å². The molecule has 3 N–H and O–H groups in total. The minimum atomic E-state index is -2.88. The molecule has 186 valence electrons. The summed E-state index contributed by atoms with van der Waals surface area (Å²) in [6.45, 7) is 6.04. The Kier molecular flexibility index (Phi) is 9.23. The molecule has 3 aromatic rings. The molecule has 0 unspecified atom stereocenters. The normalized spacial score (nSPS) is 13.6. The summed E-state index contributed by atoms with van der Waals surface area (Å²) >= 11 is 0. The van der Waals surface area contributed by atoms with E-state index in [2.05, 4.69) is 50.4 Å². The van der Waals surface area contributed by atoms with Crippen molar-refractivity contribution in [1.82, 2.24) is 5.32 Å². The summed E-state index contributed by atoms with van der Waals surface area (Å²) in [7, 11) is -2.88. The number of carbonyl (C=O) groups excluding carboxylic acids is 1. The van der Waals surface area contributed by atoms with Gasteiger partial charge in [-0.15, -0.1) is 0 Å². The predicted octanol–water partition coefficient (Wildman–Crippen LogP) is 3.21. The standard InChI is InChI=1S/C28H35NO5Si/c1-28(2,3)35(23-15-9-5-10-16-23,24-17-11-6-12-18-24)34-21-25(26(31)19-30)29-27(32)33-20-22-13-7-4-8-14-22/h4-18,25-26,30-31H,19-21H2,1-3H3,(H,29,32)/t25-,26+/m0/s1. The van der Waals surface area contributed by atoms with Crippen LogP contribution in [0.5, 0.6) is 0 Å². The molecule has 0 aliphatic carbocycles. The van der Waals surface area contributed by atoms with Crippen LogP contribution in [0.1, 0.15) is 26.3 Å². The van der Waals surface area contributed by atoms with E-state index in [9.17, 15) is 15.0 Å². The maximum atomic E-state index is 12.5. The van der Waals surface area contributed by atoms with Gasteiger partial charge in [-0.1, -0.05) is 112 Å². The molecular weight excluding hydrogens is 458 g/mol. The molecule has 0 radical (unpaired) electrons. The molecule has 0 heterocycles. The van der Waals surface area contributed by atoms with Gasteiger partial charge in [0.05, 0.1) is 25.4 Å². The Morgan fingerprint density at radius 1 is 0.886 bits per heavy atom. The lowest BCUT2D eigenvalue weighted by molar-refractivity contribution is 0.0404. The third-order valence-corrected chi connectivity index (χ3v) is 11.1. The van der Waals surface area contributed by atoms with Crippen molar-refractivity contribution in [2.24, 2.45) is 0 Å². The number of hydrogen-bond acceptors (Lipinski definition) is 5. The topological polar surface area (TPSA) is 88.0 Å². The highest BCUT2D eigenvalue weighted by molar-refractivity contribution is 6.99. The molecule has 3 aromatic carbocycles. The molecule has 0 saturated heterocycles. The molecular formula is C28H35NO5Si. The third-order valence-electron chi connectivity index (χ3n) is 6.06. The number of aliphatic hydroxyl groups is 2. The van der Waals surface area contributed by atoms with Crippen LogP contribution in [0.25, 0.3) is 0 Å². The number of rotatable bonds is 10. The summed E-state index contributed by atoms with van der Waals surface area (Å²) in [5.74, 6) is 0. The van der Waals surface area contributed by atoms with E-state index in [1.807, 2.05) is 66.7 Å². The van der Waals surface area contributed by atoms with Gasteiger partial charge in [-0.25, -0.2) is 4.79 Å². The molecule has 1 amide bonds. The summed E-state index contributed by atoms with van der Waals surface area (Å²) in [4.78, 5) is 12.5. The molecule has 35 heavy (non-hydrogen) atoms. The molecule has 7 heteroatoms. The molecule has 3 rings (SSSR count). The van der Waals surface area contributed by atoms with Crippen molar-refractivity contribution in [3.63, 3.8) is 0 Å². The number of hydrogen-bond donors (Lipinski definition) is 3. The van der Waals surface area contributed by atoms with Gasteiger partial charge in [0.2, 0.25) is 0 Å². The maximum absolute atomic E-state index is 12.5. The average molecular weight is 494 g/mol. The van der Waals surface area contributed by atoms with Crippen LogP contribution < -0.4 is 15.7 Å². The van der Waals surface area contributed by atoms with Crippen LogP contribution in [0.15, 0.2) is 91.0 Å². The van der Waals surface area contributed by atoms with E-state index in [4.69, 9.17) is 9.16 Å². The minimum absolute atomic E-state index is 0.00937. The molecule has 0 spiro atoms. The van der Waals surface area contributed by atoms with Gasteiger partial charge in [0.15, 0.2) is 0 Å². The van der Waals surface area contributed by atoms with Gasteiger partial charge >= 0.3 is 6.09 Å². The van der Waals surface area contributed by atoms with Crippen molar-refractivity contribution in [2.45, 2.75) is 44.6 Å². The van der Waals surface area contributed by atoms with Crippen molar-refractivity contribution in [1.29, 1.82) is 0 Å². The lowest BCUT2D eigenvalue weighted by atomic mass is 10.2. The van der Waals surface area contributed by atoms with Gasteiger partial charge in [-0.05, 0) is 21.0 Å². The second-order valence-electron chi connectivity index (χ2n) is 9.54. The summed E-state index contributed by atoms with van der Waals surface area (Å²) in [6, 6.07) is 28.7. The first-order valence-electron chi connectivity index (χ1n) is 11.8. The quantitative estimate of drug-likeness (QED) is 0.378. The van der Waals surface area contributed by atoms with E-state index in [0.29, 0.717) is 0 Å². The minimum Gasteiger partial charge on any atom is -0.445 e. The molecule has 6 nitrogen and oxygen atoms in total. The van der Waals surface area contributed by atoms with E-state index in [0.717, 1.165) is 15.9 Å². The van der Waals surface area contributed by atoms with Gasteiger partial charge in [0.1, 0.15) is 6.61 Å². The number of carbonyl (C=O) groups is 1. The summed E-state index contributed by atoms with van der Waals surface area (Å²) in [5, 5.41) is 24.8. The second kappa shape index (κ2) is 12.1. The molecule has 0 aliphatic heterocycles. The van der Waals surface area contributed by atoms with E-state index in [-0.39, 0.29) is 18.3 Å². The molecule has 0 aromatic heterocycles. The SMILES string of the molecule is CC(C)(C)[Si](OC[C@H](NC(=O)OCc1ccccc1)[C@H](O)CO)(c1ccccc1)c1ccccc1. The van der Waals surface area contributed by atoms with Crippen molar-refractivity contribution in [3.05, 3.63) is 96.6 Å². The highest BCUT2D eigenvalue weighted by atomic mass is 28.4. The zero-order chi connectivity index (χ0) is 25.3. The van der Waals surface area contributed by atoms with Crippen LogP contribution in [0.3, 0.4) is 0 Å². The smallest absolute Gasteiger partial charge is 0.407 e. The van der Waals surface area contributed by atoms with Crippen molar-refractivity contribution >= 4 is 24.8 Å². The average Bonchev–Trinajstić information content (AvgIpc) is 2.87. The molecule has 2 atom stereocenters. The number of nitrogens with one attached hydrogen (secondary N) is 1. The van der Waals surface area contributed by atoms with Crippen LogP contribution in [0.4, 0.5) is 4.79 Å². The van der Waals surface area contributed by atoms with Gasteiger partial charge in [-0.3, -0.25) is 0 Å². The first kappa shape index (κ1) is 26.6. The number of amides is 1. The fraction of sp³-hybridized carbons (Fsp3) is 0.321. The van der Waals surface area contributed by atoms with E-state index >= 15 is 0 Å². The number of benzene rings is 3. The highest BCUT2D eigenvalue weighted by Gasteiger charge is 2.50. The predicted molar refractivity (Wildman–Crippen MR) is 140 cm³/mol. The van der Waals surface area contributed by atoms with Crippen molar-refractivity contribution in [3.8, 4) is 0 Å². The lowest BCUT2D eigenvalue weighted by Crippen LogP contribution is -2.68. The molecule has 0 aliphatic rings. The van der Waals surface area contributed by atoms with Crippen LogP contribution in [0, 0.1) is 0 Å². The first-order valence-corrected chi connectivity index (χ1v) is 13.7. The largest absolute Gasteiger partial charge is 0.445 e. The van der Waals surface area contributed by atoms with Crippen molar-refractivity contribution in [2.75, 3.05) is 13.2 Å². The van der Waals surface area contributed by atoms with E-state index < -0.39 is 33.2 Å². The van der Waals surface area contributed by atoms with Gasteiger partial charge in [0.25, 0.3) is 8.32 Å². The Bertz CT molecular complexity index is 1000. The Morgan fingerprint density at radius 2 is 1.37 bits per heavy atom. The zero-order valence-electron chi connectivity index (χ0n) is 20.6. The van der Waals surface area contributed by atoms with Crippen LogP contribution in [-0.2, 0) is 15.8 Å². The van der Waals surface area contributed by atoms with E-state index in [1.54, 1.807) is 0 Å². The van der Waals surface area contributed by atoms with Gasteiger partial charge in [0, 0.05) is 0 Å². The lowest BCUT2D eigenvalue weighted by Gasteiger charge is -2.44. The fourth-order valence-corrected chi connectivity index (χ4v) is 8.85. The summed E-state index contributed by atoms with van der Waals surface area (Å²) in [5.41, 5.74) is 0.852. The summed E-state index contributed by atoms with van der Waals surface area (Å²) in [6.07, 6.45) is -1.89.